The first-order valence-electron chi connectivity index (χ1n) is 6.78. The van der Waals surface area contributed by atoms with Crippen molar-refractivity contribution in [2.24, 2.45) is 0 Å². The van der Waals surface area contributed by atoms with Crippen LogP contribution in [0.4, 0.5) is 0 Å². The number of thioether (sulfide) groups is 1. The minimum atomic E-state index is -0.362. The first-order valence-corrected chi connectivity index (χ1v) is 8.83. The Balaban J connectivity index is 2.27. The number of benzene rings is 1. The fraction of sp³-hybridized carbons (Fsp3) is 0.188. The van der Waals surface area contributed by atoms with E-state index < -0.39 is 0 Å². The van der Waals surface area contributed by atoms with Gasteiger partial charge in [0.15, 0.2) is 10.2 Å². The standard InChI is InChI=1S/C16H14N2O3S2/c1-9(19)21-15-13(10-5-4-6-11(7-10)20-2)14-12(23-15)8-17-16(18-14)22-3/h4-8H,1-3H3. The summed E-state index contributed by atoms with van der Waals surface area (Å²) in [5.74, 6) is 0.369. The van der Waals surface area contributed by atoms with E-state index >= 15 is 0 Å². The third-order valence-electron chi connectivity index (χ3n) is 3.15. The molecule has 0 spiro atoms. The second-order valence-electron chi connectivity index (χ2n) is 4.66. The number of ether oxygens (including phenoxy) is 2. The Morgan fingerprint density at radius 3 is 2.87 bits per heavy atom. The van der Waals surface area contributed by atoms with E-state index in [1.807, 2.05) is 30.5 Å². The number of hydrogen-bond acceptors (Lipinski definition) is 7. The summed E-state index contributed by atoms with van der Waals surface area (Å²) in [6.07, 6.45) is 3.68. The van der Waals surface area contributed by atoms with E-state index in [2.05, 4.69) is 9.97 Å². The predicted octanol–water partition coefficient (Wildman–Crippen LogP) is 4.01. The Hall–Kier alpha value is -2.12. The van der Waals surface area contributed by atoms with Crippen LogP contribution in [0.3, 0.4) is 0 Å². The van der Waals surface area contributed by atoms with Crippen molar-refractivity contribution in [1.29, 1.82) is 0 Å². The molecular weight excluding hydrogens is 332 g/mol. The van der Waals surface area contributed by atoms with Crippen molar-refractivity contribution in [3.05, 3.63) is 30.5 Å². The van der Waals surface area contributed by atoms with Gasteiger partial charge in [0.2, 0.25) is 0 Å². The topological polar surface area (TPSA) is 61.3 Å². The molecule has 0 radical (unpaired) electrons. The summed E-state index contributed by atoms with van der Waals surface area (Å²) in [6.45, 7) is 1.39. The van der Waals surface area contributed by atoms with Gasteiger partial charge in [0.1, 0.15) is 5.75 Å². The van der Waals surface area contributed by atoms with Crippen molar-refractivity contribution < 1.29 is 14.3 Å². The molecule has 23 heavy (non-hydrogen) atoms. The van der Waals surface area contributed by atoms with Crippen LogP contribution in [-0.2, 0) is 4.79 Å². The number of carbonyl (C=O) groups excluding carboxylic acids is 1. The van der Waals surface area contributed by atoms with Gasteiger partial charge < -0.3 is 9.47 Å². The van der Waals surface area contributed by atoms with Crippen molar-refractivity contribution in [1.82, 2.24) is 9.97 Å². The van der Waals surface area contributed by atoms with Crippen molar-refractivity contribution in [2.75, 3.05) is 13.4 Å². The lowest BCUT2D eigenvalue weighted by Gasteiger charge is -2.06. The van der Waals surface area contributed by atoms with Gasteiger partial charge in [-0.2, -0.15) is 0 Å². The van der Waals surface area contributed by atoms with E-state index in [-0.39, 0.29) is 5.97 Å². The lowest BCUT2D eigenvalue weighted by molar-refractivity contribution is -0.131. The van der Waals surface area contributed by atoms with Crippen LogP contribution >= 0.6 is 23.1 Å². The van der Waals surface area contributed by atoms with Gasteiger partial charge in [0, 0.05) is 13.1 Å². The Morgan fingerprint density at radius 2 is 2.17 bits per heavy atom. The van der Waals surface area contributed by atoms with Gasteiger partial charge >= 0.3 is 5.97 Å². The maximum Gasteiger partial charge on any atom is 0.308 e. The van der Waals surface area contributed by atoms with Crippen LogP contribution in [-0.4, -0.2) is 29.3 Å². The van der Waals surface area contributed by atoms with Gasteiger partial charge in [-0.15, -0.1) is 0 Å². The molecule has 0 aliphatic rings. The second kappa shape index (κ2) is 6.55. The number of aromatic nitrogens is 2. The molecule has 3 rings (SSSR count). The van der Waals surface area contributed by atoms with E-state index in [0.29, 0.717) is 10.2 Å². The zero-order valence-corrected chi connectivity index (χ0v) is 14.5. The first-order chi connectivity index (χ1) is 11.1. The fourth-order valence-corrected chi connectivity index (χ4v) is 3.56. The van der Waals surface area contributed by atoms with Crippen LogP contribution < -0.4 is 9.47 Å². The molecular formula is C16H14N2O3S2. The van der Waals surface area contributed by atoms with Crippen LogP contribution in [0, 0.1) is 0 Å². The molecule has 0 atom stereocenters. The monoisotopic (exact) mass is 346 g/mol. The number of esters is 1. The summed E-state index contributed by atoms with van der Waals surface area (Å²) in [6, 6.07) is 7.60. The van der Waals surface area contributed by atoms with E-state index in [9.17, 15) is 4.79 Å². The van der Waals surface area contributed by atoms with Crippen molar-refractivity contribution in [3.63, 3.8) is 0 Å². The molecule has 0 unspecified atom stereocenters. The number of nitrogens with zero attached hydrogens (tertiary/aromatic N) is 2. The van der Waals surface area contributed by atoms with Gasteiger partial charge in [0.25, 0.3) is 0 Å². The lowest BCUT2D eigenvalue weighted by atomic mass is 10.1. The first kappa shape index (κ1) is 15.8. The quantitative estimate of drug-likeness (QED) is 0.404. The van der Waals surface area contributed by atoms with E-state index in [4.69, 9.17) is 9.47 Å². The summed E-state index contributed by atoms with van der Waals surface area (Å²) >= 11 is 2.83. The molecule has 5 nitrogen and oxygen atoms in total. The second-order valence-corrected chi connectivity index (χ2v) is 6.45. The highest BCUT2D eigenvalue weighted by atomic mass is 32.2. The Bertz CT molecular complexity index is 877. The molecule has 0 aliphatic carbocycles. The number of fused-ring (bicyclic) bond motifs is 1. The Kier molecular flexibility index (Phi) is 4.49. The lowest BCUT2D eigenvalue weighted by Crippen LogP contribution is -2.00. The van der Waals surface area contributed by atoms with Gasteiger partial charge in [0.05, 0.1) is 22.9 Å². The molecule has 0 amide bonds. The summed E-state index contributed by atoms with van der Waals surface area (Å²) in [5, 5.41) is 1.20. The third kappa shape index (κ3) is 3.16. The Morgan fingerprint density at radius 1 is 1.35 bits per heavy atom. The summed E-state index contributed by atoms with van der Waals surface area (Å²) in [4.78, 5) is 20.3. The Labute approximate surface area is 141 Å². The minimum Gasteiger partial charge on any atom is -0.497 e. The highest BCUT2D eigenvalue weighted by Gasteiger charge is 2.19. The fourth-order valence-electron chi connectivity index (χ4n) is 2.19. The number of carbonyl (C=O) groups is 1. The largest absolute Gasteiger partial charge is 0.497 e. The van der Waals surface area contributed by atoms with Crippen LogP contribution in [0.15, 0.2) is 35.6 Å². The molecule has 0 fully saturated rings. The highest BCUT2D eigenvalue weighted by molar-refractivity contribution is 7.98. The summed E-state index contributed by atoms with van der Waals surface area (Å²) < 4.78 is 11.6. The molecule has 0 saturated carbocycles. The van der Waals surface area contributed by atoms with Gasteiger partial charge in [-0.05, 0) is 24.0 Å². The maximum absolute atomic E-state index is 11.4. The molecule has 0 N–H and O–H groups in total. The molecule has 0 aliphatic heterocycles. The van der Waals surface area contributed by atoms with E-state index in [1.54, 1.807) is 13.3 Å². The molecule has 2 aromatic heterocycles. The molecule has 3 aromatic rings. The number of rotatable bonds is 4. The number of thiophene rings is 1. The smallest absolute Gasteiger partial charge is 0.308 e. The molecule has 0 saturated heterocycles. The summed E-state index contributed by atoms with van der Waals surface area (Å²) in [5.41, 5.74) is 2.45. The maximum atomic E-state index is 11.4. The molecule has 1 aromatic carbocycles. The van der Waals surface area contributed by atoms with Crippen LogP contribution in [0.5, 0.6) is 10.8 Å². The molecule has 2 heterocycles. The SMILES string of the molecule is COc1cccc(-c2c(OC(C)=O)sc3cnc(SC)nc23)c1. The normalized spacial score (nSPS) is 10.7. The van der Waals surface area contributed by atoms with Crippen molar-refractivity contribution >= 4 is 39.3 Å². The molecule has 0 bridgehead atoms. The number of hydrogen-bond donors (Lipinski definition) is 0. The van der Waals surface area contributed by atoms with E-state index in [0.717, 1.165) is 27.1 Å². The minimum absolute atomic E-state index is 0.362. The van der Waals surface area contributed by atoms with Crippen molar-refractivity contribution in [2.45, 2.75) is 12.1 Å². The van der Waals surface area contributed by atoms with Crippen LogP contribution in [0.25, 0.3) is 21.3 Å². The summed E-state index contributed by atoms with van der Waals surface area (Å²) in [7, 11) is 1.62. The van der Waals surface area contributed by atoms with Crippen LogP contribution in [0.2, 0.25) is 0 Å². The average molecular weight is 346 g/mol. The van der Waals surface area contributed by atoms with Gasteiger partial charge in [-0.3, -0.25) is 4.79 Å². The van der Waals surface area contributed by atoms with Crippen LogP contribution in [0.1, 0.15) is 6.92 Å². The average Bonchev–Trinajstić information content (AvgIpc) is 2.90. The van der Waals surface area contributed by atoms with Gasteiger partial charge in [-0.1, -0.05) is 35.2 Å². The molecule has 7 heteroatoms. The van der Waals surface area contributed by atoms with E-state index in [1.165, 1.54) is 30.0 Å². The van der Waals surface area contributed by atoms with Gasteiger partial charge in [-0.25, -0.2) is 9.97 Å². The number of methoxy groups -OCH3 is 1. The third-order valence-corrected chi connectivity index (χ3v) is 4.71. The molecule has 118 valence electrons. The zero-order valence-electron chi connectivity index (χ0n) is 12.8. The highest BCUT2D eigenvalue weighted by Crippen LogP contribution is 2.44. The predicted molar refractivity (Wildman–Crippen MR) is 92.5 cm³/mol. The zero-order chi connectivity index (χ0) is 16.4. The van der Waals surface area contributed by atoms with Crippen molar-refractivity contribution in [3.8, 4) is 21.9 Å².